The molecule has 4 rings (SSSR count). The van der Waals surface area contributed by atoms with Crippen LogP contribution in [0.25, 0.3) is 0 Å². The third-order valence-corrected chi connectivity index (χ3v) is 8.18. The molecule has 0 aromatic rings. The van der Waals surface area contributed by atoms with Crippen LogP contribution in [-0.4, -0.2) is 17.7 Å². The van der Waals surface area contributed by atoms with Crippen molar-refractivity contribution in [2.24, 2.45) is 34.5 Å². The first kappa shape index (κ1) is 17.2. The highest BCUT2D eigenvalue weighted by Crippen LogP contribution is 2.66. The van der Waals surface area contributed by atoms with Gasteiger partial charge in [0.25, 0.3) is 0 Å². The molecule has 2 nitrogen and oxygen atoms in total. The number of ketones is 2. The van der Waals surface area contributed by atoms with E-state index in [4.69, 9.17) is 11.6 Å². The minimum atomic E-state index is -1.34. The van der Waals surface area contributed by atoms with E-state index in [0.29, 0.717) is 12.8 Å². The summed E-state index contributed by atoms with van der Waals surface area (Å²) in [6.07, 6.45) is 4.07. The standard InChI is InChI=1S/C21H24ClFO2/c1-10-11(2)17-18(22)15(24)6-8-20(17,3)12-5-7-21(4)13(16(10)12)9-14(23)19(21)25/h6,8,10,12-14,16H,2,5,7,9H2,1,3-4H3/t10?,12-,13-,14?,16+,20+,21-/m0/s1. The molecule has 25 heavy (non-hydrogen) atoms. The van der Waals surface area contributed by atoms with E-state index in [2.05, 4.69) is 20.4 Å². The molecule has 4 heteroatoms. The van der Waals surface area contributed by atoms with E-state index in [9.17, 15) is 14.0 Å². The smallest absolute Gasteiger partial charge is 0.197 e. The van der Waals surface area contributed by atoms with E-state index in [-0.39, 0.29) is 45.7 Å². The molecular weight excluding hydrogens is 339 g/mol. The molecule has 0 aromatic carbocycles. The maximum absolute atomic E-state index is 14.3. The van der Waals surface area contributed by atoms with Crippen LogP contribution in [0.4, 0.5) is 4.39 Å². The minimum Gasteiger partial charge on any atom is -0.296 e. The number of allylic oxidation sites excluding steroid dienone is 5. The molecule has 0 saturated heterocycles. The summed E-state index contributed by atoms with van der Waals surface area (Å²) in [6.45, 7) is 10.4. The summed E-state index contributed by atoms with van der Waals surface area (Å²) < 4.78 is 14.3. The van der Waals surface area contributed by atoms with Crippen LogP contribution in [0.2, 0.25) is 0 Å². The lowest BCUT2D eigenvalue weighted by atomic mass is 9.45. The van der Waals surface area contributed by atoms with Crippen LogP contribution >= 0.6 is 11.6 Å². The van der Waals surface area contributed by atoms with Crippen LogP contribution < -0.4 is 0 Å². The Balaban J connectivity index is 1.85. The van der Waals surface area contributed by atoms with Gasteiger partial charge in [0.2, 0.25) is 0 Å². The molecule has 0 radical (unpaired) electrons. The highest BCUT2D eigenvalue weighted by atomic mass is 35.5. The molecule has 3 fully saturated rings. The number of fused-ring (bicyclic) bond motifs is 5. The van der Waals surface area contributed by atoms with Crippen molar-refractivity contribution in [3.8, 4) is 0 Å². The van der Waals surface area contributed by atoms with Gasteiger partial charge in [-0.2, -0.15) is 0 Å². The van der Waals surface area contributed by atoms with Crippen LogP contribution in [0.15, 0.2) is 34.9 Å². The highest BCUT2D eigenvalue weighted by Gasteiger charge is 2.63. The molecule has 3 saturated carbocycles. The van der Waals surface area contributed by atoms with Gasteiger partial charge in [0.1, 0.15) is 0 Å². The third kappa shape index (κ3) is 1.96. The summed E-state index contributed by atoms with van der Waals surface area (Å²) in [5.74, 6) is 0.172. The maximum Gasteiger partial charge on any atom is 0.197 e. The predicted molar refractivity (Wildman–Crippen MR) is 95.8 cm³/mol. The first-order valence-corrected chi connectivity index (χ1v) is 9.52. The Bertz CT molecular complexity index is 766. The second-order valence-corrected chi connectivity index (χ2v) is 9.18. The van der Waals surface area contributed by atoms with Crippen molar-refractivity contribution in [3.05, 3.63) is 34.9 Å². The zero-order valence-electron chi connectivity index (χ0n) is 14.9. The van der Waals surface area contributed by atoms with Gasteiger partial charge in [-0.1, -0.05) is 45.0 Å². The average Bonchev–Trinajstić information content (AvgIpc) is 2.80. The average molecular weight is 363 g/mol. The number of halogens is 2. The van der Waals surface area contributed by atoms with E-state index in [1.807, 2.05) is 13.0 Å². The van der Waals surface area contributed by atoms with Crippen molar-refractivity contribution < 1.29 is 14.0 Å². The predicted octanol–water partition coefficient (Wildman–Crippen LogP) is 4.79. The molecule has 7 atom stereocenters. The van der Waals surface area contributed by atoms with Crippen molar-refractivity contribution in [1.82, 2.24) is 0 Å². The summed E-state index contributed by atoms with van der Waals surface area (Å²) in [4.78, 5) is 24.6. The molecule has 0 aliphatic heterocycles. The molecule has 4 aliphatic rings. The number of carbonyl (C=O) groups is 2. The fraction of sp³-hybridized carbons (Fsp3) is 0.619. The minimum absolute atomic E-state index is 0.0312. The van der Waals surface area contributed by atoms with Crippen LogP contribution in [0.1, 0.15) is 40.0 Å². The number of hydrogen-bond acceptors (Lipinski definition) is 2. The van der Waals surface area contributed by atoms with Gasteiger partial charge < -0.3 is 0 Å². The Kier molecular flexibility index (Phi) is 3.55. The van der Waals surface area contributed by atoms with Crippen LogP contribution in [0, 0.1) is 34.5 Å². The van der Waals surface area contributed by atoms with Crippen molar-refractivity contribution in [2.75, 3.05) is 0 Å². The van der Waals surface area contributed by atoms with E-state index in [0.717, 1.165) is 17.6 Å². The Labute approximate surface area is 153 Å². The number of rotatable bonds is 0. The molecule has 134 valence electrons. The first-order valence-electron chi connectivity index (χ1n) is 9.14. The Hall–Kier alpha value is -1.22. The number of carbonyl (C=O) groups excluding carboxylic acids is 2. The monoisotopic (exact) mass is 362 g/mol. The molecule has 0 heterocycles. The summed E-state index contributed by atoms with van der Waals surface area (Å²) >= 11 is 6.41. The number of alkyl halides is 1. The largest absolute Gasteiger partial charge is 0.296 e. The molecule has 0 amide bonds. The van der Waals surface area contributed by atoms with Gasteiger partial charge in [-0.05, 0) is 60.2 Å². The van der Waals surface area contributed by atoms with Gasteiger partial charge in [-0.25, -0.2) is 4.39 Å². The SMILES string of the molecule is C=C1C2=C(Cl)C(=O)C=C[C@]2(C)[C@H]2CC[C@]3(C)C(=O)C(F)C[C@H]3[C@@H]2C1C. The second-order valence-electron chi connectivity index (χ2n) is 8.80. The normalized spacial score (nSPS) is 49.2. The maximum atomic E-state index is 14.3. The van der Waals surface area contributed by atoms with Gasteiger partial charge in [0, 0.05) is 10.8 Å². The summed E-state index contributed by atoms with van der Waals surface area (Å²) in [6, 6.07) is 0. The lowest BCUT2D eigenvalue weighted by Crippen LogP contribution is -2.53. The van der Waals surface area contributed by atoms with E-state index in [1.165, 1.54) is 0 Å². The molecule has 2 unspecified atom stereocenters. The molecule has 0 bridgehead atoms. The van der Waals surface area contributed by atoms with E-state index in [1.54, 1.807) is 6.08 Å². The van der Waals surface area contributed by atoms with Crippen LogP contribution in [-0.2, 0) is 9.59 Å². The molecule has 0 spiro atoms. The zero-order valence-corrected chi connectivity index (χ0v) is 15.7. The van der Waals surface area contributed by atoms with Gasteiger partial charge in [-0.15, -0.1) is 0 Å². The highest BCUT2D eigenvalue weighted by molar-refractivity contribution is 6.45. The van der Waals surface area contributed by atoms with Crippen molar-refractivity contribution in [2.45, 2.75) is 46.2 Å². The Morgan fingerprint density at radius 2 is 1.96 bits per heavy atom. The van der Waals surface area contributed by atoms with Crippen LogP contribution in [0.3, 0.4) is 0 Å². The van der Waals surface area contributed by atoms with Gasteiger partial charge in [0.15, 0.2) is 17.7 Å². The van der Waals surface area contributed by atoms with Gasteiger partial charge >= 0.3 is 0 Å². The fourth-order valence-corrected chi connectivity index (χ4v) is 6.75. The number of Topliss-reactive ketones (excluding diaryl/α,β-unsaturated/α-hetero) is 1. The van der Waals surface area contributed by atoms with Crippen LogP contribution in [0.5, 0.6) is 0 Å². The van der Waals surface area contributed by atoms with Crippen molar-refractivity contribution >= 4 is 23.2 Å². The molecular formula is C21H24ClFO2. The van der Waals surface area contributed by atoms with Gasteiger partial charge in [-0.3, -0.25) is 9.59 Å². The first-order chi connectivity index (χ1) is 11.6. The summed E-state index contributed by atoms with van der Waals surface area (Å²) in [5.41, 5.74) is 0.813. The summed E-state index contributed by atoms with van der Waals surface area (Å²) in [5, 5.41) is 0.277. The Morgan fingerprint density at radius 3 is 2.64 bits per heavy atom. The van der Waals surface area contributed by atoms with E-state index >= 15 is 0 Å². The summed E-state index contributed by atoms with van der Waals surface area (Å²) in [7, 11) is 0. The fourth-order valence-electron chi connectivity index (χ4n) is 6.37. The molecule has 0 N–H and O–H groups in total. The van der Waals surface area contributed by atoms with Crippen molar-refractivity contribution in [1.29, 1.82) is 0 Å². The molecule has 0 aromatic heterocycles. The van der Waals surface area contributed by atoms with E-state index < -0.39 is 11.6 Å². The Morgan fingerprint density at radius 1 is 1.28 bits per heavy atom. The third-order valence-electron chi connectivity index (χ3n) is 7.80. The van der Waals surface area contributed by atoms with Gasteiger partial charge in [0.05, 0.1) is 5.03 Å². The zero-order chi connectivity index (χ0) is 18.3. The lowest BCUT2D eigenvalue weighted by Gasteiger charge is -2.58. The van der Waals surface area contributed by atoms with Crippen molar-refractivity contribution in [3.63, 3.8) is 0 Å². The topological polar surface area (TPSA) is 34.1 Å². The lowest BCUT2D eigenvalue weighted by molar-refractivity contribution is -0.135. The quantitative estimate of drug-likeness (QED) is 0.620. The number of hydrogen-bond donors (Lipinski definition) is 0. The molecule has 4 aliphatic carbocycles. The second kappa shape index (κ2) is 5.16.